The number of fused-ring (bicyclic) bond motifs is 2. The Morgan fingerprint density at radius 3 is 2.50 bits per heavy atom. The third kappa shape index (κ3) is 3.46. The van der Waals surface area contributed by atoms with Crippen molar-refractivity contribution in [3.05, 3.63) is 107 Å². The maximum absolute atomic E-state index is 12.9. The highest BCUT2D eigenvalue weighted by Gasteiger charge is 2.36. The Morgan fingerprint density at radius 1 is 0.941 bits per heavy atom. The fourth-order valence-electron chi connectivity index (χ4n) is 4.60. The van der Waals surface area contributed by atoms with Crippen molar-refractivity contribution < 1.29 is 19.3 Å². The van der Waals surface area contributed by atoms with E-state index in [1.54, 1.807) is 12.2 Å². The van der Waals surface area contributed by atoms with Gasteiger partial charge in [-0.25, -0.2) is 0 Å². The molecule has 1 aromatic heterocycles. The smallest absolute Gasteiger partial charge is 0.237 e. The minimum Gasteiger partial charge on any atom is -0.506 e. The molecule has 0 atom stereocenters. The predicted molar refractivity (Wildman–Crippen MR) is 134 cm³/mol. The topological polar surface area (TPSA) is 61.5 Å². The molecule has 5 heteroatoms. The molecule has 0 amide bonds. The summed E-state index contributed by atoms with van der Waals surface area (Å²) in [5.74, 6) is -1.66. The zero-order valence-corrected chi connectivity index (χ0v) is 19.2. The van der Waals surface area contributed by atoms with Gasteiger partial charge in [-0.3, -0.25) is 9.59 Å². The van der Waals surface area contributed by atoms with Crippen LogP contribution in [0.15, 0.2) is 96.1 Å². The number of pyridine rings is 1. The molecular weight excluding hydrogens is 424 g/mol. The molecule has 0 unspecified atom stereocenters. The molecule has 3 aromatic rings. The van der Waals surface area contributed by atoms with E-state index in [0.29, 0.717) is 0 Å². The summed E-state index contributed by atoms with van der Waals surface area (Å²) >= 11 is 0. The number of allylic oxidation sites excluding steroid dienone is 5. The summed E-state index contributed by atoms with van der Waals surface area (Å²) in [7, 11) is 0. The van der Waals surface area contributed by atoms with E-state index in [1.807, 2.05) is 73.1 Å². The Kier molecular flexibility index (Phi) is 5.46. The first-order chi connectivity index (χ1) is 16.5. The molecule has 0 spiro atoms. The van der Waals surface area contributed by atoms with Gasteiger partial charge in [0.05, 0.1) is 16.5 Å². The fourth-order valence-corrected chi connectivity index (χ4v) is 4.60. The van der Waals surface area contributed by atoms with Crippen molar-refractivity contribution in [2.45, 2.75) is 20.4 Å². The van der Waals surface area contributed by atoms with Crippen LogP contribution in [-0.2, 0) is 16.1 Å². The Labute approximate surface area is 198 Å². The normalized spacial score (nSPS) is 18.0. The quantitative estimate of drug-likeness (QED) is 0.349. The Bertz CT molecular complexity index is 1470. The Morgan fingerprint density at radius 2 is 1.71 bits per heavy atom. The van der Waals surface area contributed by atoms with Crippen LogP contribution in [0.4, 0.5) is 5.69 Å². The largest absolute Gasteiger partial charge is 0.506 e. The van der Waals surface area contributed by atoms with E-state index in [1.165, 1.54) is 0 Å². The maximum Gasteiger partial charge on any atom is 0.237 e. The van der Waals surface area contributed by atoms with Crippen LogP contribution in [0.2, 0.25) is 0 Å². The van der Waals surface area contributed by atoms with Crippen molar-refractivity contribution in [2.75, 3.05) is 11.4 Å². The number of para-hydroxylation sites is 2. The molecule has 0 fully saturated rings. The van der Waals surface area contributed by atoms with Gasteiger partial charge in [0, 0.05) is 36.1 Å². The molecule has 5 nitrogen and oxygen atoms in total. The fraction of sp³-hybridized carbons (Fsp3) is 0.138. The third-order valence-corrected chi connectivity index (χ3v) is 6.40. The van der Waals surface area contributed by atoms with Crippen LogP contribution in [0, 0.1) is 0 Å². The van der Waals surface area contributed by atoms with Crippen molar-refractivity contribution in [3.8, 4) is 0 Å². The van der Waals surface area contributed by atoms with Gasteiger partial charge in [0.25, 0.3) is 0 Å². The second-order valence-corrected chi connectivity index (χ2v) is 8.27. The lowest BCUT2D eigenvalue weighted by Crippen LogP contribution is -2.32. The van der Waals surface area contributed by atoms with Crippen LogP contribution in [0.25, 0.3) is 22.6 Å². The molecule has 5 rings (SSSR count). The third-order valence-electron chi connectivity index (χ3n) is 6.40. The predicted octanol–water partition coefficient (Wildman–Crippen LogP) is 4.93. The van der Waals surface area contributed by atoms with Gasteiger partial charge in [0.15, 0.2) is 6.20 Å². The first-order valence-electron chi connectivity index (χ1n) is 11.4. The SMILES string of the molecule is CCN1C=CC(=CC2=C(O)C(=Cc3cc[n+](CC)c4ccccc34)C(=O)C2=O)c2ccccc21. The molecule has 34 heavy (non-hydrogen) atoms. The van der Waals surface area contributed by atoms with Crippen LogP contribution in [0.5, 0.6) is 0 Å². The van der Waals surface area contributed by atoms with Gasteiger partial charge in [-0.15, -0.1) is 0 Å². The molecule has 1 aliphatic heterocycles. The number of anilines is 1. The van der Waals surface area contributed by atoms with E-state index in [4.69, 9.17) is 0 Å². The molecule has 1 N–H and O–H groups in total. The van der Waals surface area contributed by atoms with E-state index in [0.717, 1.165) is 46.4 Å². The average Bonchev–Trinajstić information content (AvgIpc) is 3.07. The highest BCUT2D eigenvalue weighted by atomic mass is 16.3. The number of aryl methyl sites for hydroxylation is 1. The molecule has 0 saturated heterocycles. The zero-order valence-electron chi connectivity index (χ0n) is 19.2. The van der Waals surface area contributed by atoms with Crippen molar-refractivity contribution >= 4 is 39.8 Å². The van der Waals surface area contributed by atoms with Crippen LogP contribution in [0.3, 0.4) is 0 Å². The van der Waals surface area contributed by atoms with E-state index in [2.05, 4.69) is 23.3 Å². The lowest BCUT2D eigenvalue weighted by atomic mass is 9.97. The van der Waals surface area contributed by atoms with Crippen LogP contribution < -0.4 is 9.47 Å². The summed E-state index contributed by atoms with van der Waals surface area (Å²) in [5, 5.41) is 11.9. The summed E-state index contributed by atoms with van der Waals surface area (Å²) in [6.07, 6.45) is 9.03. The van der Waals surface area contributed by atoms with Crippen LogP contribution in [-0.4, -0.2) is 23.2 Å². The van der Waals surface area contributed by atoms with E-state index in [9.17, 15) is 14.7 Å². The highest BCUT2D eigenvalue weighted by molar-refractivity contribution is 6.54. The van der Waals surface area contributed by atoms with Gasteiger partial charge in [-0.1, -0.05) is 30.3 Å². The average molecular weight is 450 g/mol. The number of ketones is 2. The maximum atomic E-state index is 12.9. The number of hydrogen-bond acceptors (Lipinski definition) is 4. The highest BCUT2D eigenvalue weighted by Crippen LogP contribution is 2.36. The number of aliphatic hydroxyl groups is 1. The first-order valence-corrected chi connectivity index (χ1v) is 11.4. The molecule has 0 radical (unpaired) electrons. The van der Waals surface area contributed by atoms with Gasteiger partial charge in [0.1, 0.15) is 12.3 Å². The number of hydrogen-bond donors (Lipinski definition) is 1. The molecule has 2 aliphatic rings. The van der Waals surface area contributed by atoms with Crippen LogP contribution in [0.1, 0.15) is 25.0 Å². The van der Waals surface area contributed by atoms with Gasteiger partial charge in [-0.05, 0) is 55.3 Å². The molecule has 2 aromatic carbocycles. The summed E-state index contributed by atoms with van der Waals surface area (Å²) < 4.78 is 2.11. The van der Waals surface area contributed by atoms with Gasteiger partial charge in [0.2, 0.25) is 17.1 Å². The van der Waals surface area contributed by atoms with Crippen molar-refractivity contribution in [2.24, 2.45) is 0 Å². The molecule has 2 heterocycles. The van der Waals surface area contributed by atoms with E-state index in [-0.39, 0.29) is 16.9 Å². The van der Waals surface area contributed by atoms with Gasteiger partial charge in [-0.2, -0.15) is 4.57 Å². The molecule has 0 saturated carbocycles. The second-order valence-electron chi connectivity index (χ2n) is 8.27. The van der Waals surface area contributed by atoms with Crippen LogP contribution >= 0.6 is 0 Å². The number of nitrogens with zero attached hydrogens (tertiary/aromatic N) is 2. The molecule has 1 aliphatic carbocycles. The number of carbonyl (C=O) groups excluding carboxylic acids is 2. The monoisotopic (exact) mass is 449 g/mol. The molecule has 0 bridgehead atoms. The summed E-state index contributed by atoms with van der Waals surface area (Å²) in [6.45, 7) is 5.75. The van der Waals surface area contributed by atoms with Crippen molar-refractivity contribution in [1.82, 2.24) is 0 Å². The standard InChI is InChI=1S/C29H24N2O3/c1-3-30-15-13-19(21-9-5-7-11-25(21)30)17-23-27(32)24(29(34)28(23)33)18-20-14-16-31(4-2)26-12-8-6-10-22(20)26/h5-18H,3-4H2,1-2H3/p+1. The zero-order chi connectivity index (χ0) is 23.8. The summed E-state index contributed by atoms with van der Waals surface area (Å²) in [4.78, 5) is 27.9. The first kappa shape index (κ1) is 21.6. The van der Waals surface area contributed by atoms with Gasteiger partial charge >= 0.3 is 0 Å². The Balaban J connectivity index is 1.62. The Hall–Kier alpha value is -4.25. The minimum absolute atomic E-state index is 0.0273. The summed E-state index contributed by atoms with van der Waals surface area (Å²) in [6, 6.07) is 17.7. The van der Waals surface area contributed by atoms with Crippen molar-refractivity contribution in [1.29, 1.82) is 0 Å². The number of aromatic nitrogens is 1. The molecular formula is C29H25N2O3+. The lowest BCUT2D eigenvalue weighted by molar-refractivity contribution is -0.667. The second kappa shape index (κ2) is 8.60. The number of benzene rings is 2. The van der Waals surface area contributed by atoms with Crippen molar-refractivity contribution in [3.63, 3.8) is 0 Å². The molecule has 168 valence electrons. The number of carbonyl (C=O) groups is 2. The van der Waals surface area contributed by atoms with Gasteiger partial charge < -0.3 is 10.0 Å². The number of aliphatic hydroxyl groups excluding tert-OH is 1. The minimum atomic E-state index is -0.691. The van der Waals surface area contributed by atoms with E-state index >= 15 is 0 Å². The number of rotatable bonds is 4. The van der Waals surface area contributed by atoms with E-state index < -0.39 is 11.6 Å². The number of Topliss-reactive ketones (excluding diaryl/α,β-unsaturated/α-hetero) is 2. The summed E-state index contributed by atoms with van der Waals surface area (Å²) in [5.41, 5.74) is 4.59. The lowest BCUT2D eigenvalue weighted by Gasteiger charge is -2.26.